The van der Waals surface area contributed by atoms with Crippen molar-refractivity contribution in [2.24, 2.45) is 5.10 Å². The van der Waals surface area contributed by atoms with Gasteiger partial charge in [0.25, 0.3) is 5.91 Å². The van der Waals surface area contributed by atoms with Crippen molar-refractivity contribution in [3.8, 4) is 5.75 Å². The quantitative estimate of drug-likeness (QED) is 0.694. The van der Waals surface area contributed by atoms with Gasteiger partial charge in [0.05, 0.1) is 13.3 Å². The van der Waals surface area contributed by atoms with Gasteiger partial charge in [-0.25, -0.2) is 4.79 Å². The molecule has 6 nitrogen and oxygen atoms in total. The highest BCUT2D eigenvalue weighted by Crippen LogP contribution is 2.28. The van der Waals surface area contributed by atoms with Crippen LogP contribution < -0.4 is 10.1 Å². The third kappa shape index (κ3) is 2.74. The van der Waals surface area contributed by atoms with Crippen LogP contribution in [0.2, 0.25) is 0 Å². The van der Waals surface area contributed by atoms with Crippen molar-refractivity contribution in [3.63, 3.8) is 0 Å². The zero-order valence-corrected chi connectivity index (χ0v) is 13.4. The van der Waals surface area contributed by atoms with E-state index in [1.54, 1.807) is 50.4 Å². The lowest BCUT2D eigenvalue weighted by atomic mass is 9.92. The van der Waals surface area contributed by atoms with Crippen LogP contribution in [0.1, 0.15) is 18.1 Å². The molecular formula is C18H17N3O3. The van der Waals surface area contributed by atoms with E-state index < -0.39 is 17.5 Å². The van der Waals surface area contributed by atoms with Gasteiger partial charge in [0.2, 0.25) is 0 Å². The molecule has 0 saturated carbocycles. The largest absolute Gasteiger partial charge is 0.497 e. The van der Waals surface area contributed by atoms with Gasteiger partial charge >= 0.3 is 6.03 Å². The van der Waals surface area contributed by atoms with E-state index >= 15 is 0 Å². The summed E-state index contributed by atoms with van der Waals surface area (Å²) in [5.41, 5.74) is 0.315. The van der Waals surface area contributed by atoms with Gasteiger partial charge in [-0.3, -0.25) is 4.79 Å². The van der Waals surface area contributed by atoms with Gasteiger partial charge in [-0.15, -0.1) is 5.01 Å². The Bertz CT molecular complexity index is 804. The molecule has 0 aromatic heterocycles. The monoisotopic (exact) mass is 323 g/mol. The molecule has 1 aliphatic heterocycles. The highest BCUT2D eigenvalue weighted by atomic mass is 16.5. The van der Waals surface area contributed by atoms with Crippen LogP contribution in [0.3, 0.4) is 0 Å². The first kappa shape index (κ1) is 15.7. The minimum atomic E-state index is -1.12. The second kappa shape index (κ2) is 6.16. The number of hydrogen-bond donors (Lipinski definition) is 1. The maximum absolute atomic E-state index is 12.7. The minimum Gasteiger partial charge on any atom is -0.497 e. The molecule has 3 rings (SSSR count). The number of carbonyl (C=O) groups is 2. The Hall–Kier alpha value is -3.15. The first-order valence-electron chi connectivity index (χ1n) is 7.45. The van der Waals surface area contributed by atoms with Crippen molar-refractivity contribution in [2.45, 2.75) is 12.5 Å². The molecule has 2 aromatic rings. The Morgan fingerprint density at radius 1 is 1.12 bits per heavy atom. The molecule has 0 spiro atoms. The summed E-state index contributed by atoms with van der Waals surface area (Å²) in [5, 5.41) is 7.60. The van der Waals surface area contributed by atoms with Crippen molar-refractivity contribution >= 4 is 18.2 Å². The fourth-order valence-corrected chi connectivity index (χ4v) is 2.54. The molecule has 1 atom stereocenters. The fraction of sp³-hybridized carbons (Fsp3) is 0.167. The Kier molecular flexibility index (Phi) is 4.04. The van der Waals surface area contributed by atoms with Crippen LogP contribution in [0.15, 0.2) is 59.7 Å². The summed E-state index contributed by atoms with van der Waals surface area (Å²) in [7, 11) is 1.57. The van der Waals surface area contributed by atoms with Gasteiger partial charge < -0.3 is 10.1 Å². The van der Waals surface area contributed by atoms with Crippen molar-refractivity contribution in [3.05, 3.63) is 65.7 Å². The molecule has 1 fully saturated rings. The topological polar surface area (TPSA) is 71.0 Å². The summed E-state index contributed by atoms with van der Waals surface area (Å²) >= 11 is 0. The predicted octanol–water partition coefficient (Wildman–Crippen LogP) is 2.50. The average Bonchev–Trinajstić information content (AvgIpc) is 2.84. The molecule has 1 aliphatic rings. The molecular weight excluding hydrogens is 306 g/mol. The number of nitrogens with zero attached hydrogens (tertiary/aromatic N) is 2. The summed E-state index contributed by atoms with van der Waals surface area (Å²) in [4.78, 5) is 24.9. The lowest BCUT2D eigenvalue weighted by Gasteiger charge is -2.20. The Morgan fingerprint density at radius 2 is 1.88 bits per heavy atom. The second-order valence-corrected chi connectivity index (χ2v) is 5.56. The minimum absolute atomic E-state index is 0.419. The molecule has 122 valence electrons. The second-order valence-electron chi connectivity index (χ2n) is 5.56. The molecule has 6 heteroatoms. The van der Waals surface area contributed by atoms with Crippen LogP contribution in [0.25, 0.3) is 0 Å². The Morgan fingerprint density at radius 3 is 2.58 bits per heavy atom. The number of carbonyl (C=O) groups excluding carboxylic acids is 2. The van der Waals surface area contributed by atoms with E-state index in [0.29, 0.717) is 11.3 Å². The van der Waals surface area contributed by atoms with E-state index in [-0.39, 0.29) is 0 Å². The van der Waals surface area contributed by atoms with E-state index in [1.165, 1.54) is 6.21 Å². The van der Waals surface area contributed by atoms with Crippen LogP contribution >= 0.6 is 0 Å². The zero-order chi connectivity index (χ0) is 17.2. The molecule has 2 aromatic carbocycles. The summed E-state index contributed by atoms with van der Waals surface area (Å²) in [5.74, 6) is 0.253. The van der Waals surface area contributed by atoms with E-state index in [1.807, 2.05) is 18.2 Å². The third-order valence-corrected chi connectivity index (χ3v) is 3.94. The van der Waals surface area contributed by atoms with Crippen molar-refractivity contribution in [2.75, 3.05) is 7.11 Å². The van der Waals surface area contributed by atoms with Crippen molar-refractivity contribution in [1.82, 2.24) is 10.3 Å². The van der Waals surface area contributed by atoms with E-state index in [0.717, 1.165) is 10.6 Å². The molecule has 3 amide bonds. The summed E-state index contributed by atoms with van der Waals surface area (Å²) in [6, 6.07) is 15.7. The van der Waals surface area contributed by atoms with Crippen molar-refractivity contribution < 1.29 is 14.3 Å². The van der Waals surface area contributed by atoms with Crippen LogP contribution in [-0.4, -0.2) is 30.3 Å². The average molecular weight is 323 g/mol. The van der Waals surface area contributed by atoms with Gasteiger partial charge in [0.15, 0.2) is 0 Å². The molecule has 1 saturated heterocycles. The number of hydrazone groups is 1. The molecule has 0 unspecified atom stereocenters. The predicted molar refractivity (Wildman–Crippen MR) is 89.8 cm³/mol. The standard InChI is InChI=1S/C18H17N3O3/c1-18(14-8-4-3-5-9-14)16(22)21(17(23)20-18)19-12-13-7-6-10-15(11-13)24-2/h3-12H,1-2H3,(H,20,23)/b19-12-/t18-/m1/s1. The van der Waals surface area contributed by atoms with E-state index in [2.05, 4.69) is 10.4 Å². The van der Waals surface area contributed by atoms with Crippen LogP contribution in [0.5, 0.6) is 5.75 Å². The number of imide groups is 1. The molecule has 1 heterocycles. The number of rotatable bonds is 4. The maximum atomic E-state index is 12.7. The molecule has 1 N–H and O–H groups in total. The number of hydrogen-bond acceptors (Lipinski definition) is 4. The highest BCUT2D eigenvalue weighted by Gasteiger charge is 2.49. The van der Waals surface area contributed by atoms with Crippen LogP contribution in [0, 0.1) is 0 Å². The fourth-order valence-electron chi connectivity index (χ4n) is 2.54. The molecule has 0 aliphatic carbocycles. The van der Waals surface area contributed by atoms with Gasteiger partial charge in [-0.2, -0.15) is 5.10 Å². The SMILES string of the molecule is COc1cccc(/C=N\N2C(=O)N[C@](C)(c3ccccc3)C2=O)c1. The maximum Gasteiger partial charge on any atom is 0.346 e. The Balaban J connectivity index is 1.86. The number of ether oxygens (including phenoxy) is 1. The molecule has 0 bridgehead atoms. The number of benzene rings is 2. The lowest BCUT2D eigenvalue weighted by molar-refractivity contribution is -0.131. The normalized spacial score (nSPS) is 20.5. The zero-order valence-electron chi connectivity index (χ0n) is 13.4. The summed E-state index contributed by atoms with van der Waals surface area (Å²) < 4.78 is 5.14. The van der Waals surface area contributed by atoms with Crippen LogP contribution in [0.4, 0.5) is 4.79 Å². The van der Waals surface area contributed by atoms with Crippen LogP contribution in [-0.2, 0) is 10.3 Å². The summed E-state index contributed by atoms with van der Waals surface area (Å²) in [6.45, 7) is 1.67. The van der Waals surface area contributed by atoms with Gasteiger partial charge in [0, 0.05) is 0 Å². The lowest BCUT2D eigenvalue weighted by Crippen LogP contribution is -2.40. The number of urea groups is 1. The smallest absolute Gasteiger partial charge is 0.346 e. The van der Waals surface area contributed by atoms with E-state index in [4.69, 9.17) is 4.74 Å². The molecule has 24 heavy (non-hydrogen) atoms. The van der Waals surface area contributed by atoms with Crippen molar-refractivity contribution in [1.29, 1.82) is 0 Å². The highest BCUT2D eigenvalue weighted by molar-refractivity contribution is 6.07. The first-order chi connectivity index (χ1) is 11.5. The van der Waals surface area contributed by atoms with Gasteiger partial charge in [-0.1, -0.05) is 42.5 Å². The third-order valence-electron chi connectivity index (χ3n) is 3.94. The van der Waals surface area contributed by atoms with E-state index in [9.17, 15) is 9.59 Å². The number of amides is 3. The number of nitrogens with one attached hydrogen (secondary N) is 1. The number of methoxy groups -OCH3 is 1. The summed E-state index contributed by atoms with van der Waals surface area (Å²) in [6.07, 6.45) is 1.46. The Labute approximate surface area is 139 Å². The first-order valence-corrected chi connectivity index (χ1v) is 7.45. The van der Waals surface area contributed by atoms with Gasteiger partial charge in [0.1, 0.15) is 11.3 Å². The van der Waals surface area contributed by atoms with Gasteiger partial charge in [-0.05, 0) is 30.2 Å². The molecule has 0 radical (unpaired) electrons.